The highest BCUT2D eigenvalue weighted by Gasteiger charge is 2.22. The predicted molar refractivity (Wildman–Crippen MR) is 137 cm³/mol. The molecule has 4 rings (SSSR count). The van der Waals surface area contributed by atoms with Gasteiger partial charge in [-0.15, -0.1) is 0 Å². The summed E-state index contributed by atoms with van der Waals surface area (Å²) in [6, 6.07) is 21.8. The van der Waals surface area contributed by atoms with Crippen molar-refractivity contribution < 1.29 is 23.7 Å². The summed E-state index contributed by atoms with van der Waals surface area (Å²) in [6.45, 7) is 7.63. The van der Waals surface area contributed by atoms with E-state index >= 15 is 0 Å². The van der Waals surface area contributed by atoms with Crippen LogP contribution in [0.3, 0.4) is 0 Å². The van der Waals surface area contributed by atoms with Crippen molar-refractivity contribution in [2.24, 2.45) is 5.92 Å². The van der Waals surface area contributed by atoms with Gasteiger partial charge in [-0.05, 0) is 48.1 Å². The molecule has 1 aliphatic rings. The third-order valence-corrected chi connectivity index (χ3v) is 6.04. The van der Waals surface area contributed by atoms with Crippen LogP contribution in [0.1, 0.15) is 49.8 Å². The molecule has 5 heteroatoms. The van der Waals surface area contributed by atoms with Crippen LogP contribution < -0.4 is 18.9 Å². The molecule has 35 heavy (non-hydrogen) atoms. The van der Waals surface area contributed by atoms with E-state index in [1.807, 2.05) is 18.2 Å². The molecule has 0 aromatic heterocycles. The van der Waals surface area contributed by atoms with Crippen molar-refractivity contribution in [3.8, 4) is 23.0 Å². The number of carbonyl (C=O) groups is 1. The first-order valence-corrected chi connectivity index (χ1v) is 12.4. The minimum Gasteiger partial charge on any atom is -0.493 e. The van der Waals surface area contributed by atoms with Crippen molar-refractivity contribution in [1.82, 2.24) is 0 Å². The van der Waals surface area contributed by atoms with E-state index in [0.717, 1.165) is 37.4 Å². The number of fused-ring (bicyclic) bond motifs is 1. The Morgan fingerprint density at radius 2 is 1.77 bits per heavy atom. The van der Waals surface area contributed by atoms with Gasteiger partial charge < -0.3 is 18.9 Å². The van der Waals surface area contributed by atoms with Gasteiger partial charge in [0, 0.05) is 30.9 Å². The molecule has 184 valence electrons. The SMILES string of the molecule is CC(=O)Oc1cccc(OCCC(COc2ccc3c(c2CC(C)C)OCC3)c2ccccc2)c1. The highest BCUT2D eigenvalue weighted by atomic mass is 16.5. The average Bonchev–Trinajstić information content (AvgIpc) is 3.32. The van der Waals surface area contributed by atoms with Crippen LogP contribution in [-0.2, 0) is 17.6 Å². The van der Waals surface area contributed by atoms with Gasteiger partial charge in [0.15, 0.2) is 0 Å². The number of benzene rings is 3. The third-order valence-electron chi connectivity index (χ3n) is 6.04. The zero-order valence-electron chi connectivity index (χ0n) is 20.8. The topological polar surface area (TPSA) is 54.0 Å². The summed E-state index contributed by atoms with van der Waals surface area (Å²) in [7, 11) is 0. The van der Waals surface area contributed by atoms with Crippen LogP contribution >= 0.6 is 0 Å². The van der Waals surface area contributed by atoms with E-state index in [-0.39, 0.29) is 11.9 Å². The van der Waals surface area contributed by atoms with Crippen LogP contribution in [0.4, 0.5) is 0 Å². The standard InChI is InChI=1S/C30H34O5/c1-21(2)18-28-29(13-12-24-14-17-33-30(24)28)34-20-25(23-8-5-4-6-9-23)15-16-32-26-10-7-11-27(19-26)35-22(3)31/h4-13,19,21,25H,14-18,20H2,1-3H3. The largest absolute Gasteiger partial charge is 0.493 e. The van der Waals surface area contributed by atoms with Gasteiger partial charge in [-0.1, -0.05) is 56.3 Å². The Bertz CT molecular complexity index is 1120. The Labute approximate surface area is 208 Å². The van der Waals surface area contributed by atoms with Crippen molar-refractivity contribution in [3.05, 3.63) is 83.4 Å². The molecule has 0 saturated heterocycles. The maximum absolute atomic E-state index is 11.2. The molecular weight excluding hydrogens is 440 g/mol. The first-order chi connectivity index (χ1) is 17.0. The molecule has 0 bridgehead atoms. The molecule has 5 nitrogen and oxygen atoms in total. The zero-order valence-corrected chi connectivity index (χ0v) is 20.8. The molecule has 1 unspecified atom stereocenters. The summed E-state index contributed by atoms with van der Waals surface area (Å²) in [4.78, 5) is 11.2. The monoisotopic (exact) mass is 474 g/mol. The summed E-state index contributed by atoms with van der Waals surface area (Å²) in [5.74, 6) is 3.40. The summed E-state index contributed by atoms with van der Waals surface area (Å²) in [5.41, 5.74) is 3.67. The molecule has 0 aliphatic carbocycles. The van der Waals surface area contributed by atoms with Gasteiger partial charge in [0.25, 0.3) is 0 Å². The van der Waals surface area contributed by atoms with Crippen LogP contribution in [0.25, 0.3) is 0 Å². The maximum Gasteiger partial charge on any atom is 0.308 e. The molecule has 3 aromatic rings. The second kappa shape index (κ2) is 11.8. The zero-order chi connectivity index (χ0) is 24.6. The fourth-order valence-corrected chi connectivity index (χ4v) is 4.41. The lowest BCUT2D eigenvalue weighted by Gasteiger charge is -2.21. The van der Waals surface area contributed by atoms with E-state index in [1.165, 1.54) is 23.6 Å². The van der Waals surface area contributed by atoms with Gasteiger partial charge in [-0.3, -0.25) is 4.79 Å². The minimum absolute atomic E-state index is 0.161. The minimum atomic E-state index is -0.350. The van der Waals surface area contributed by atoms with Crippen LogP contribution in [0.5, 0.6) is 23.0 Å². The first kappa shape index (κ1) is 24.6. The number of hydrogen-bond acceptors (Lipinski definition) is 5. The summed E-state index contributed by atoms with van der Waals surface area (Å²) in [6.07, 6.45) is 2.67. The van der Waals surface area contributed by atoms with Gasteiger partial charge in [0.1, 0.15) is 23.0 Å². The first-order valence-electron chi connectivity index (χ1n) is 12.4. The Balaban J connectivity index is 1.45. The fourth-order valence-electron chi connectivity index (χ4n) is 4.41. The summed E-state index contributed by atoms with van der Waals surface area (Å²) >= 11 is 0. The molecule has 1 atom stereocenters. The molecular formula is C30H34O5. The molecule has 3 aromatic carbocycles. The van der Waals surface area contributed by atoms with Gasteiger partial charge in [-0.2, -0.15) is 0 Å². The van der Waals surface area contributed by atoms with Crippen LogP contribution in [-0.4, -0.2) is 25.8 Å². The van der Waals surface area contributed by atoms with Crippen LogP contribution in [0.2, 0.25) is 0 Å². The van der Waals surface area contributed by atoms with Gasteiger partial charge in [-0.25, -0.2) is 0 Å². The van der Waals surface area contributed by atoms with Gasteiger partial charge in [0.05, 0.1) is 19.8 Å². The maximum atomic E-state index is 11.2. The number of esters is 1. The van der Waals surface area contributed by atoms with Crippen LogP contribution in [0.15, 0.2) is 66.7 Å². The van der Waals surface area contributed by atoms with Crippen molar-refractivity contribution in [2.75, 3.05) is 19.8 Å². The molecule has 0 fully saturated rings. The molecule has 0 amide bonds. The average molecular weight is 475 g/mol. The number of rotatable bonds is 11. The Hall–Kier alpha value is -3.47. The Kier molecular flexibility index (Phi) is 8.30. The van der Waals surface area contributed by atoms with E-state index in [0.29, 0.717) is 30.6 Å². The molecule has 0 radical (unpaired) electrons. The molecule has 1 heterocycles. The summed E-state index contributed by atoms with van der Waals surface area (Å²) in [5, 5.41) is 0. The Morgan fingerprint density at radius 3 is 2.54 bits per heavy atom. The van der Waals surface area contributed by atoms with Crippen LogP contribution in [0, 0.1) is 5.92 Å². The van der Waals surface area contributed by atoms with Crippen molar-refractivity contribution in [2.45, 2.75) is 46.0 Å². The van der Waals surface area contributed by atoms with E-state index < -0.39 is 0 Å². The van der Waals surface area contributed by atoms with E-state index in [2.05, 4.69) is 50.2 Å². The number of ether oxygens (including phenoxy) is 4. The third kappa shape index (κ3) is 6.78. The lowest BCUT2D eigenvalue weighted by Crippen LogP contribution is -2.15. The lowest BCUT2D eigenvalue weighted by atomic mass is 9.96. The molecule has 0 N–H and O–H groups in total. The highest BCUT2D eigenvalue weighted by Crippen LogP contribution is 2.38. The second-order valence-corrected chi connectivity index (χ2v) is 9.35. The van der Waals surface area contributed by atoms with E-state index in [9.17, 15) is 4.79 Å². The Morgan fingerprint density at radius 1 is 0.971 bits per heavy atom. The quantitative estimate of drug-likeness (QED) is 0.238. The van der Waals surface area contributed by atoms with E-state index in [1.54, 1.807) is 12.1 Å². The fraction of sp³-hybridized carbons (Fsp3) is 0.367. The number of carbonyl (C=O) groups excluding carboxylic acids is 1. The summed E-state index contributed by atoms with van der Waals surface area (Å²) < 4.78 is 23.6. The van der Waals surface area contributed by atoms with Crippen molar-refractivity contribution >= 4 is 5.97 Å². The van der Waals surface area contributed by atoms with Gasteiger partial charge >= 0.3 is 5.97 Å². The van der Waals surface area contributed by atoms with Gasteiger partial charge in [0.2, 0.25) is 0 Å². The molecule has 0 saturated carbocycles. The second-order valence-electron chi connectivity index (χ2n) is 9.35. The smallest absolute Gasteiger partial charge is 0.308 e. The molecule has 1 aliphatic heterocycles. The van der Waals surface area contributed by atoms with Crippen molar-refractivity contribution in [3.63, 3.8) is 0 Å². The molecule has 0 spiro atoms. The highest BCUT2D eigenvalue weighted by molar-refractivity contribution is 5.69. The lowest BCUT2D eigenvalue weighted by molar-refractivity contribution is -0.131. The van der Waals surface area contributed by atoms with E-state index in [4.69, 9.17) is 18.9 Å². The van der Waals surface area contributed by atoms with Crippen molar-refractivity contribution in [1.29, 1.82) is 0 Å². The normalized spacial score (nSPS) is 13.1. The number of hydrogen-bond donors (Lipinski definition) is 0. The predicted octanol–water partition coefficient (Wildman–Crippen LogP) is 6.38.